The third kappa shape index (κ3) is 5.72. The number of halogens is 1. The maximum Gasteiger partial charge on any atom is 0.259 e. The van der Waals surface area contributed by atoms with E-state index in [-0.39, 0.29) is 18.3 Å². The van der Waals surface area contributed by atoms with Gasteiger partial charge in [0.1, 0.15) is 11.1 Å². The van der Waals surface area contributed by atoms with Crippen molar-refractivity contribution in [1.82, 2.24) is 0 Å². The molecule has 1 N–H and O–H groups in total. The predicted molar refractivity (Wildman–Crippen MR) is 134 cm³/mol. The van der Waals surface area contributed by atoms with Gasteiger partial charge in [-0.15, -0.1) is 22.1 Å². The highest BCUT2D eigenvalue weighted by Gasteiger charge is 2.23. The van der Waals surface area contributed by atoms with Gasteiger partial charge in [0.2, 0.25) is 0 Å². The van der Waals surface area contributed by atoms with Gasteiger partial charge in [0.15, 0.2) is 0 Å². The molecule has 1 atom stereocenters. The largest absolute Gasteiger partial charge is 0.386 e. The molecule has 0 unspecified atom stereocenters. The Balaban J connectivity index is 2.50. The number of hydrogen-bond acceptors (Lipinski definition) is 4. The van der Waals surface area contributed by atoms with Crippen LogP contribution < -0.4 is 0 Å². The first kappa shape index (κ1) is 25.1. The normalized spacial score (nSPS) is 13.9. The van der Waals surface area contributed by atoms with E-state index in [9.17, 15) is 14.1 Å². The number of rotatable bonds is 6. The van der Waals surface area contributed by atoms with E-state index in [4.69, 9.17) is 6.42 Å². The molecule has 0 fully saturated rings. The van der Waals surface area contributed by atoms with Gasteiger partial charge in [0, 0.05) is 5.56 Å². The van der Waals surface area contributed by atoms with E-state index >= 15 is 0 Å². The van der Waals surface area contributed by atoms with Gasteiger partial charge in [-0.3, -0.25) is 4.79 Å². The van der Waals surface area contributed by atoms with Crippen LogP contribution in [-0.2, 0) is 23.7 Å². The first-order valence-corrected chi connectivity index (χ1v) is 14.6. The molecule has 4 nitrogen and oxygen atoms in total. The lowest BCUT2D eigenvalue weighted by molar-refractivity contribution is -0.117. The molecule has 2 aromatic rings. The molecule has 0 saturated carbocycles. The second-order valence-electron chi connectivity index (χ2n) is 8.38. The van der Waals surface area contributed by atoms with Crippen molar-refractivity contribution in [2.24, 2.45) is 4.36 Å². The molecular weight excluding hydrogens is 529 g/mol. The van der Waals surface area contributed by atoms with Crippen LogP contribution in [0.25, 0.3) is 0 Å². The number of carbonyl (C=O) groups is 1. The summed E-state index contributed by atoms with van der Waals surface area (Å²) in [5, 5.41) is 11.9. The molecule has 0 aliphatic rings. The summed E-state index contributed by atoms with van der Waals surface area (Å²) >= 11 is 2.97. The van der Waals surface area contributed by atoms with Crippen molar-refractivity contribution in [3.8, 4) is 12.3 Å². The molecule has 1 amide bonds. The highest BCUT2D eigenvalue weighted by atomic mass is 127. The minimum Gasteiger partial charge on any atom is -0.386 e. The molecule has 1 heterocycles. The van der Waals surface area contributed by atoms with Crippen LogP contribution in [0, 0.1) is 12.3 Å². The highest BCUT2D eigenvalue weighted by molar-refractivity contribution is 14.2. The summed E-state index contributed by atoms with van der Waals surface area (Å²) in [5.74, 6) is 2.65. The summed E-state index contributed by atoms with van der Waals surface area (Å²) in [4.78, 5) is 12.9. The second-order valence-corrected chi connectivity index (χ2v) is 14.7. The van der Waals surface area contributed by atoms with Crippen molar-refractivity contribution in [3.63, 3.8) is 0 Å². The van der Waals surface area contributed by atoms with Crippen LogP contribution >= 0.6 is 32.5 Å². The third-order valence-electron chi connectivity index (χ3n) is 4.83. The second kappa shape index (κ2) is 9.51. The van der Waals surface area contributed by atoms with Crippen LogP contribution in [0.4, 0.5) is 0 Å². The number of carbonyl (C=O) groups excluding carboxylic acids is 1. The lowest BCUT2D eigenvalue weighted by atomic mass is 9.84. The lowest BCUT2D eigenvalue weighted by Gasteiger charge is -2.20. The van der Waals surface area contributed by atoms with E-state index in [0.717, 1.165) is 22.3 Å². The quantitative estimate of drug-likeness (QED) is 0.263. The standard InChI is InChI=1S/C23H28INO3S2/c1-8-16-9-10-18(14(2)3)19(22(16)15(4)5)12-20(26)25-30(24,28)21-11-17(13-29-21)23(6,7)27/h1,9-11,13-15,27H,12H2,2-7H3/t30-/m1/s1. The Bertz CT molecular complexity index is 1110. The minimum absolute atomic E-state index is 0.0558. The van der Waals surface area contributed by atoms with Crippen LogP contribution in [0.5, 0.6) is 0 Å². The number of thiophene rings is 1. The first-order chi connectivity index (χ1) is 13.8. The predicted octanol–water partition coefficient (Wildman–Crippen LogP) is 6.15. The number of benzene rings is 1. The zero-order chi connectivity index (χ0) is 22.9. The topological polar surface area (TPSA) is 66.7 Å². The summed E-state index contributed by atoms with van der Waals surface area (Å²) in [5.41, 5.74) is 3.31. The zero-order valence-electron chi connectivity index (χ0n) is 18.2. The summed E-state index contributed by atoms with van der Waals surface area (Å²) in [6.45, 7) is 8.64. The van der Waals surface area contributed by atoms with Crippen LogP contribution in [0.1, 0.15) is 81.2 Å². The smallest absolute Gasteiger partial charge is 0.259 e. The van der Waals surface area contributed by atoms with Gasteiger partial charge < -0.3 is 5.11 Å². The van der Waals surface area contributed by atoms with Gasteiger partial charge in [0.25, 0.3) is 5.91 Å². The van der Waals surface area contributed by atoms with Crippen LogP contribution in [0.15, 0.2) is 32.2 Å². The van der Waals surface area contributed by atoms with Gasteiger partial charge in [0.05, 0.1) is 33.2 Å². The summed E-state index contributed by atoms with van der Waals surface area (Å²) in [6.07, 6.45) is 5.76. The summed E-state index contributed by atoms with van der Waals surface area (Å²) < 4.78 is 17.7. The van der Waals surface area contributed by atoms with Crippen LogP contribution in [-0.4, -0.2) is 15.2 Å². The maximum absolute atomic E-state index is 13.2. The third-order valence-corrected chi connectivity index (χ3v) is 10.5. The van der Waals surface area contributed by atoms with E-state index < -0.39 is 18.4 Å². The number of nitrogens with zero attached hydrogens (tertiary/aromatic N) is 1. The molecule has 0 radical (unpaired) electrons. The molecule has 7 heteroatoms. The van der Waals surface area contributed by atoms with Gasteiger partial charge in [-0.2, -0.15) is 0 Å². The molecule has 30 heavy (non-hydrogen) atoms. The summed E-state index contributed by atoms with van der Waals surface area (Å²) in [6, 6.07) is 5.57. The van der Waals surface area contributed by atoms with Gasteiger partial charge in [-0.1, -0.05) is 39.7 Å². The minimum atomic E-state index is -2.94. The van der Waals surface area contributed by atoms with Gasteiger partial charge in [-0.25, -0.2) is 4.21 Å². The molecule has 1 aromatic heterocycles. The van der Waals surface area contributed by atoms with Crippen LogP contribution in [0.2, 0.25) is 0 Å². The first-order valence-electron chi connectivity index (χ1n) is 9.71. The van der Waals surface area contributed by atoms with Crippen molar-refractivity contribution in [1.29, 1.82) is 0 Å². The number of hydrogen-bond donors (Lipinski definition) is 1. The molecule has 0 aliphatic carbocycles. The van der Waals surface area contributed by atoms with Crippen molar-refractivity contribution in [3.05, 3.63) is 51.4 Å². The van der Waals surface area contributed by atoms with Gasteiger partial charge >= 0.3 is 0 Å². The monoisotopic (exact) mass is 557 g/mol. The maximum atomic E-state index is 13.2. The fourth-order valence-corrected chi connectivity index (χ4v) is 7.52. The van der Waals surface area contributed by atoms with Crippen molar-refractivity contribution in [2.75, 3.05) is 0 Å². The molecule has 0 bridgehead atoms. The Morgan fingerprint density at radius 3 is 2.40 bits per heavy atom. The van der Waals surface area contributed by atoms with Crippen molar-refractivity contribution < 1.29 is 14.1 Å². The zero-order valence-corrected chi connectivity index (χ0v) is 21.9. The summed E-state index contributed by atoms with van der Waals surface area (Å²) in [7, 11) is 0. The molecule has 162 valence electrons. The van der Waals surface area contributed by atoms with E-state index in [2.05, 4.69) is 38.0 Å². The number of terminal acetylenes is 1. The van der Waals surface area contributed by atoms with E-state index in [1.165, 1.54) is 11.3 Å². The molecule has 0 saturated heterocycles. The average molecular weight is 558 g/mol. The number of amides is 1. The molecule has 2 rings (SSSR count). The van der Waals surface area contributed by atoms with Gasteiger partial charge in [-0.05, 0) is 65.4 Å². The molecule has 0 aliphatic heterocycles. The average Bonchev–Trinajstić information content (AvgIpc) is 3.11. The van der Waals surface area contributed by atoms with E-state index in [1.54, 1.807) is 46.5 Å². The van der Waals surface area contributed by atoms with E-state index in [1.807, 2.05) is 12.1 Å². The Morgan fingerprint density at radius 2 is 1.93 bits per heavy atom. The van der Waals surface area contributed by atoms with E-state index in [0.29, 0.717) is 9.77 Å². The fourth-order valence-electron chi connectivity index (χ4n) is 3.33. The Kier molecular flexibility index (Phi) is 7.94. The van der Waals surface area contributed by atoms with Crippen molar-refractivity contribution in [2.45, 2.75) is 69.6 Å². The van der Waals surface area contributed by atoms with Crippen molar-refractivity contribution >= 4 is 45.3 Å². The molecule has 0 spiro atoms. The van der Waals surface area contributed by atoms with Crippen LogP contribution in [0.3, 0.4) is 0 Å². The molecular formula is C23H28INO3S2. The highest BCUT2D eigenvalue weighted by Crippen LogP contribution is 2.34. The lowest BCUT2D eigenvalue weighted by Crippen LogP contribution is -2.14. The Hall–Kier alpha value is -1.21. The Morgan fingerprint density at radius 1 is 1.30 bits per heavy atom. The molecule has 1 aromatic carbocycles. The SMILES string of the molecule is C#Cc1ccc(C(C)C)c(CC(=O)N=[S@](=O)(I)c2cc(C(C)(C)O)cs2)c1C(C)C. The fraction of sp³-hybridized carbons (Fsp3) is 0.435. The number of aliphatic hydroxyl groups is 1. The Labute approximate surface area is 196 Å².